The zero-order valence-corrected chi connectivity index (χ0v) is 21.7. The predicted molar refractivity (Wildman–Crippen MR) is 140 cm³/mol. The Kier molecular flexibility index (Phi) is 7.75. The number of hydrazone groups is 1. The number of benzene rings is 2. The van der Waals surface area contributed by atoms with Crippen molar-refractivity contribution in [2.24, 2.45) is 10.1 Å². The number of aliphatic imine (C=N–C) groups is 1. The van der Waals surface area contributed by atoms with E-state index in [1.165, 1.54) is 4.90 Å². The Morgan fingerprint density at radius 1 is 1.22 bits per heavy atom. The number of aliphatic hydroxyl groups is 1. The molecule has 12 heteroatoms. The number of carbonyl (C=O) groups is 2. The summed E-state index contributed by atoms with van der Waals surface area (Å²) < 4.78 is 6.60. The van der Waals surface area contributed by atoms with Crippen LogP contribution in [0.1, 0.15) is 5.56 Å². The minimum absolute atomic E-state index is 0.000674. The molecule has 0 aliphatic carbocycles. The van der Waals surface area contributed by atoms with Gasteiger partial charge < -0.3 is 24.5 Å². The van der Waals surface area contributed by atoms with Gasteiger partial charge in [0.15, 0.2) is 12.2 Å². The number of nitrogens with one attached hydrogen (secondary N) is 2. The Morgan fingerprint density at radius 2 is 1.92 bits per heavy atom. The van der Waals surface area contributed by atoms with Gasteiger partial charge in [0.05, 0.1) is 12.8 Å². The largest absolute Gasteiger partial charge is 0.491 e. The van der Waals surface area contributed by atoms with Crippen molar-refractivity contribution in [1.29, 1.82) is 0 Å². The van der Waals surface area contributed by atoms with Gasteiger partial charge in [-0.15, -0.1) is 0 Å². The number of fused-ring (bicyclic) bond motifs is 1. The van der Waals surface area contributed by atoms with E-state index in [0.717, 1.165) is 15.7 Å². The van der Waals surface area contributed by atoms with Crippen LogP contribution in [-0.2, 0) is 4.79 Å². The Balaban J connectivity index is 1.46. The van der Waals surface area contributed by atoms with Gasteiger partial charge in [-0.2, -0.15) is 5.10 Å². The fourth-order valence-corrected chi connectivity index (χ4v) is 4.11. The van der Waals surface area contributed by atoms with Gasteiger partial charge in [-0.05, 0) is 42.0 Å². The van der Waals surface area contributed by atoms with Gasteiger partial charge in [-0.1, -0.05) is 28.1 Å². The molecule has 0 saturated carbocycles. The van der Waals surface area contributed by atoms with Crippen LogP contribution in [0.2, 0.25) is 0 Å². The number of halogens is 1. The van der Waals surface area contributed by atoms with Crippen LogP contribution >= 0.6 is 15.9 Å². The van der Waals surface area contributed by atoms with Crippen molar-refractivity contribution in [3.63, 3.8) is 0 Å². The summed E-state index contributed by atoms with van der Waals surface area (Å²) in [5, 5.41) is 17.3. The summed E-state index contributed by atoms with van der Waals surface area (Å²) in [4.78, 5) is 34.3. The number of amides is 3. The lowest BCUT2D eigenvalue weighted by Crippen LogP contribution is -2.64. The quantitative estimate of drug-likeness (QED) is 0.331. The average Bonchev–Trinajstić information content (AvgIpc) is 3.21. The number of imide groups is 1. The summed E-state index contributed by atoms with van der Waals surface area (Å²) in [7, 11) is 5.49. The van der Waals surface area contributed by atoms with Gasteiger partial charge in [-0.3, -0.25) is 10.1 Å². The van der Waals surface area contributed by atoms with Gasteiger partial charge in [0, 0.05) is 31.3 Å². The highest BCUT2D eigenvalue weighted by Crippen LogP contribution is 2.24. The van der Waals surface area contributed by atoms with Crippen molar-refractivity contribution >= 4 is 45.7 Å². The maximum atomic E-state index is 12.7. The average molecular weight is 558 g/mol. The van der Waals surface area contributed by atoms with Crippen molar-refractivity contribution in [2.75, 3.05) is 39.2 Å². The number of aliphatic hydroxyl groups excluding tert-OH is 1. The highest BCUT2D eigenvalue weighted by Gasteiger charge is 2.49. The van der Waals surface area contributed by atoms with Crippen LogP contribution in [-0.4, -0.2) is 91.6 Å². The van der Waals surface area contributed by atoms with E-state index in [2.05, 4.69) is 36.8 Å². The maximum Gasteiger partial charge on any atom is 0.325 e. The molecule has 3 N–H and O–H groups in total. The number of β-amino-alcohol motifs (C(OH)–C–C–N with tert-alkyl or cyclic N) is 1. The summed E-state index contributed by atoms with van der Waals surface area (Å²) in [5.41, 5.74) is 4.80. The molecular formula is C24H28BrN7O4. The van der Waals surface area contributed by atoms with E-state index in [1.807, 2.05) is 55.4 Å². The molecule has 0 aromatic heterocycles. The fraction of sp³-hybridized carbons (Fsp3) is 0.333. The third kappa shape index (κ3) is 5.77. The standard InChI is InChI=1S/C24H28BrN7O4/c1-30(2)17-8-4-15(5-9-17)12-26-29-23-27-21-20(22(34)28-24(35)31(21)3)32(23)13-18(33)14-36-19-10-6-16(25)7-11-19/h4-12,18,20-21,33H,13-14H2,1-3H3,(H,27,29)(H,28,34,35)/b26-12-. The van der Waals surface area contributed by atoms with Crippen LogP contribution < -0.4 is 20.4 Å². The second-order valence-corrected chi connectivity index (χ2v) is 9.56. The molecule has 2 aliphatic rings. The SMILES string of the molecule is CN(C)c1ccc(/C=N\NC2=NC3C(C(=O)NC(=O)N3C)N2CC(O)COc2ccc(Br)cc2)cc1. The van der Waals surface area contributed by atoms with E-state index in [4.69, 9.17) is 4.74 Å². The number of nitrogens with zero attached hydrogens (tertiary/aromatic N) is 5. The molecule has 3 unspecified atom stereocenters. The molecule has 2 heterocycles. The highest BCUT2D eigenvalue weighted by molar-refractivity contribution is 9.10. The van der Waals surface area contributed by atoms with E-state index >= 15 is 0 Å². The van der Waals surface area contributed by atoms with E-state index in [1.54, 1.807) is 30.3 Å². The third-order valence-electron chi connectivity index (χ3n) is 5.81. The van der Waals surface area contributed by atoms with Crippen molar-refractivity contribution < 1.29 is 19.4 Å². The van der Waals surface area contributed by atoms with Crippen molar-refractivity contribution in [3.8, 4) is 5.75 Å². The molecule has 11 nitrogen and oxygen atoms in total. The number of guanidine groups is 1. The number of anilines is 1. The normalized spacial score (nSPS) is 20.2. The molecule has 3 atom stereocenters. The first-order valence-corrected chi connectivity index (χ1v) is 12.1. The smallest absolute Gasteiger partial charge is 0.325 e. The Hall–Kier alpha value is -3.64. The van der Waals surface area contributed by atoms with Gasteiger partial charge in [0.25, 0.3) is 5.91 Å². The number of rotatable bonds is 8. The second-order valence-electron chi connectivity index (χ2n) is 8.64. The molecule has 0 radical (unpaired) electrons. The topological polar surface area (TPSA) is 122 Å². The molecule has 0 spiro atoms. The van der Waals surface area contributed by atoms with Crippen LogP contribution in [0, 0.1) is 0 Å². The van der Waals surface area contributed by atoms with Crippen LogP contribution in [0.3, 0.4) is 0 Å². The van der Waals surface area contributed by atoms with E-state index in [9.17, 15) is 14.7 Å². The van der Waals surface area contributed by atoms with Crippen LogP contribution in [0.5, 0.6) is 5.75 Å². The van der Waals surface area contributed by atoms with Gasteiger partial charge in [0.2, 0.25) is 5.96 Å². The minimum Gasteiger partial charge on any atom is -0.491 e. The molecule has 2 aliphatic heterocycles. The van der Waals surface area contributed by atoms with Gasteiger partial charge in [0.1, 0.15) is 18.5 Å². The fourth-order valence-electron chi connectivity index (χ4n) is 3.84. The van der Waals surface area contributed by atoms with Gasteiger partial charge in [-0.25, -0.2) is 15.2 Å². The Labute approximate surface area is 217 Å². The van der Waals surface area contributed by atoms with Crippen molar-refractivity contribution in [1.82, 2.24) is 20.5 Å². The van der Waals surface area contributed by atoms with Crippen LogP contribution in [0.4, 0.5) is 10.5 Å². The number of hydrogen-bond donors (Lipinski definition) is 3. The number of urea groups is 1. The van der Waals surface area contributed by atoms with E-state index < -0.39 is 30.2 Å². The van der Waals surface area contributed by atoms with E-state index in [-0.39, 0.29) is 19.1 Å². The number of hydrogen-bond acceptors (Lipinski definition) is 9. The molecule has 2 aromatic rings. The molecule has 1 saturated heterocycles. The summed E-state index contributed by atoms with van der Waals surface area (Å²) >= 11 is 3.37. The predicted octanol–water partition coefficient (Wildman–Crippen LogP) is 1.43. The zero-order chi connectivity index (χ0) is 25.8. The maximum absolute atomic E-state index is 12.7. The minimum atomic E-state index is -0.947. The summed E-state index contributed by atoms with van der Waals surface area (Å²) in [6, 6.07) is 13.7. The Morgan fingerprint density at radius 3 is 2.58 bits per heavy atom. The molecule has 3 amide bonds. The lowest BCUT2D eigenvalue weighted by atomic mass is 10.1. The Bertz CT molecular complexity index is 1150. The molecule has 4 rings (SSSR count). The lowest BCUT2D eigenvalue weighted by molar-refractivity contribution is -0.127. The zero-order valence-electron chi connectivity index (χ0n) is 20.1. The lowest BCUT2D eigenvalue weighted by Gasteiger charge is -2.36. The summed E-state index contributed by atoms with van der Waals surface area (Å²) in [6.45, 7) is 0.0344. The molecule has 0 bridgehead atoms. The first kappa shape index (κ1) is 25.5. The first-order chi connectivity index (χ1) is 17.2. The third-order valence-corrected chi connectivity index (χ3v) is 6.34. The summed E-state index contributed by atoms with van der Waals surface area (Å²) in [5.74, 6) is 0.382. The van der Waals surface area contributed by atoms with Crippen LogP contribution in [0.15, 0.2) is 63.1 Å². The van der Waals surface area contributed by atoms with Crippen LogP contribution in [0.25, 0.3) is 0 Å². The molecular weight excluding hydrogens is 530 g/mol. The molecule has 190 valence electrons. The first-order valence-electron chi connectivity index (χ1n) is 11.3. The highest BCUT2D eigenvalue weighted by atomic mass is 79.9. The second kappa shape index (κ2) is 11.0. The van der Waals surface area contributed by atoms with Crippen molar-refractivity contribution in [3.05, 3.63) is 58.6 Å². The number of likely N-dealkylation sites (N-methyl/N-ethyl adjacent to an activating group) is 1. The number of ether oxygens (including phenoxy) is 1. The summed E-state index contributed by atoms with van der Waals surface area (Å²) in [6.07, 6.45) is -0.0648. The van der Waals surface area contributed by atoms with E-state index in [0.29, 0.717) is 5.75 Å². The molecule has 2 aromatic carbocycles. The monoisotopic (exact) mass is 557 g/mol. The number of carbonyl (C=O) groups excluding carboxylic acids is 2. The van der Waals surface area contributed by atoms with Gasteiger partial charge >= 0.3 is 6.03 Å². The molecule has 36 heavy (non-hydrogen) atoms. The molecule has 1 fully saturated rings. The van der Waals surface area contributed by atoms with Crippen molar-refractivity contribution in [2.45, 2.75) is 18.3 Å².